The number of rotatable bonds is 8. The third-order valence-electron chi connectivity index (χ3n) is 3.67. The molecule has 0 aliphatic heterocycles. The molecule has 0 saturated carbocycles. The average Bonchev–Trinajstić information content (AvgIpc) is 3.07. The number of methoxy groups -OCH3 is 1. The highest BCUT2D eigenvalue weighted by Gasteiger charge is 2.13. The van der Waals surface area contributed by atoms with Gasteiger partial charge in [-0.3, -0.25) is 4.99 Å². The molecule has 1 heterocycles. The number of thiophene rings is 1. The fourth-order valence-corrected chi connectivity index (χ4v) is 3.36. The van der Waals surface area contributed by atoms with Crippen LogP contribution in [0.4, 0.5) is 4.39 Å². The zero-order chi connectivity index (χ0) is 18.9. The zero-order valence-electron chi connectivity index (χ0n) is 15.1. The van der Waals surface area contributed by atoms with E-state index in [4.69, 9.17) is 16.3 Å². The molecule has 0 radical (unpaired) electrons. The largest absolute Gasteiger partial charge is 0.386 e. The lowest BCUT2D eigenvalue weighted by molar-refractivity contribution is 0.106. The van der Waals surface area contributed by atoms with Crippen molar-refractivity contribution in [2.24, 2.45) is 4.99 Å². The monoisotopic (exact) mass is 527 g/mol. The first-order valence-corrected chi connectivity index (χ1v) is 9.46. The molecule has 1 aromatic heterocycles. The lowest BCUT2D eigenvalue weighted by Crippen LogP contribution is -2.40. The number of nitrogens with one attached hydrogen (secondary N) is 2. The Balaban J connectivity index is 0.00000364. The van der Waals surface area contributed by atoms with Gasteiger partial charge in [-0.15, -0.1) is 35.3 Å². The molecule has 0 spiro atoms. The van der Waals surface area contributed by atoms with Crippen molar-refractivity contribution in [1.82, 2.24) is 10.6 Å². The summed E-state index contributed by atoms with van der Waals surface area (Å²) in [5.41, 5.74) is 0.866. The third kappa shape index (κ3) is 7.90. The maximum Gasteiger partial charge on any atom is 0.191 e. The van der Waals surface area contributed by atoms with E-state index in [1.54, 1.807) is 31.4 Å². The van der Waals surface area contributed by atoms with Crippen molar-refractivity contribution in [3.8, 4) is 0 Å². The molecule has 2 unspecified atom stereocenters. The highest BCUT2D eigenvalue weighted by atomic mass is 127. The Bertz CT molecular complexity index is 715. The van der Waals surface area contributed by atoms with Gasteiger partial charge in [0.05, 0.1) is 17.0 Å². The molecule has 1 aromatic carbocycles. The van der Waals surface area contributed by atoms with E-state index in [1.165, 1.54) is 23.5 Å². The number of aliphatic hydroxyl groups is 1. The Hall–Kier alpha value is -0.940. The summed E-state index contributed by atoms with van der Waals surface area (Å²) in [7, 11) is 1.60. The lowest BCUT2D eigenvalue weighted by atomic mass is 10.1. The van der Waals surface area contributed by atoms with E-state index in [1.807, 2.05) is 6.92 Å². The van der Waals surface area contributed by atoms with Gasteiger partial charge in [-0.05, 0) is 36.8 Å². The molecule has 0 saturated heterocycles. The van der Waals surface area contributed by atoms with Crippen LogP contribution in [0.15, 0.2) is 41.4 Å². The summed E-state index contributed by atoms with van der Waals surface area (Å²) >= 11 is 7.23. The molecule has 2 rings (SSSR count). The smallest absolute Gasteiger partial charge is 0.191 e. The Morgan fingerprint density at radius 1 is 1.26 bits per heavy atom. The first-order valence-electron chi connectivity index (χ1n) is 8.27. The average molecular weight is 528 g/mol. The standard InChI is InChI=1S/C18H23ClFN3O2S.HI/c1-3-21-18(22-10-14(24)16-8-9-17(19)26-16)23-11-15(25-2)12-4-6-13(20)7-5-12;/h4-9,14-15,24H,3,10-11H2,1-2H3,(H2,21,22,23);1H. The predicted octanol–water partition coefficient (Wildman–Crippen LogP) is 4.13. The molecule has 2 atom stereocenters. The maximum atomic E-state index is 13.1. The summed E-state index contributed by atoms with van der Waals surface area (Å²) in [6.45, 7) is 3.30. The molecule has 0 aliphatic carbocycles. The van der Waals surface area contributed by atoms with Gasteiger partial charge in [0, 0.05) is 25.1 Å². The number of aliphatic hydroxyl groups excluding tert-OH is 1. The van der Waals surface area contributed by atoms with Crippen LogP contribution in [0, 0.1) is 5.82 Å². The van der Waals surface area contributed by atoms with Crippen LogP contribution < -0.4 is 10.6 Å². The first kappa shape index (κ1) is 24.1. The van der Waals surface area contributed by atoms with Gasteiger partial charge in [-0.25, -0.2) is 4.39 Å². The second-order valence-corrected chi connectivity index (χ2v) is 7.28. The SMILES string of the molecule is CCNC(=NCC(O)c1ccc(Cl)s1)NCC(OC)c1ccc(F)cc1.I. The second kappa shape index (κ2) is 12.5. The molecule has 0 fully saturated rings. The number of ether oxygens (including phenoxy) is 1. The maximum absolute atomic E-state index is 13.1. The van der Waals surface area contributed by atoms with E-state index < -0.39 is 6.10 Å². The van der Waals surface area contributed by atoms with Crippen LogP contribution in [0.3, 0.4) is 0 Å². The summed E-state index contributed by atoms with van der Waals surface area (Å²) in [5, 5.41) is 16.5. The Morgan fingerprint density at radius 2 is 1.96 bits per heavy atom. The quantitative estimate of drug-likeness (QED) is 0.274. The van der Waals surface area contributed by atoms with Gasteiger partial charge < -0.3 is 20.5 Å². The molecular formula is C18H24ClFIN3O2S. The van der Waals surface area contributed by atoms with E-state index >= 15 is 0 Å². The highest BCUT2D eigenvalue weighted by Crippen LogP contribution is 2.26. The van der Waals surface area contributed by atoms with Crippen molar-refractivity contribution in [2.75, 3.05) is 26.7 Å². The van der Waals surface area contributed by atoms with E-state index in [9.17, 15) is 9.50 Å². The minimum atomic E-state index is -0.710. The number of aliphatic imine (C=N–C) groups is 1. The summed E-state index contributed by atoms with van der Waals surface area (Å²) < 4.78 is 19.2. The number of guanidine groups is 1. The second-order valence-electron chi connectivity index (χ2n) is 5.53. The third-order valence-corrected chi connectivity index (χ3v) is 5.00. The van der Waals surface area contributed by atoms with Crippen molar-refractivity contribution >= 4 is 52.9 Å². The fraction of sp³-hybridized carbons (Fsp3) is 0.389. The number of halogens is 3. The predicted molar refractivity (Wildman–Crippen MR) is 120 cm³/mol. The van der Waals surface area contributed by atoms with Gasteiger partial charge in [0.25, 0.3) is 0 Å². The number of hydrogen-bond acceptors (Lipinski definition) is 4. The van der Waals surface area contributed by atoms with E-state index in [0.717, 1.165) is 10.4 Å². The van der Waals surface area contributed by atoms with Gasteiger partial charge >= 0.3 is 0 Å². The van der Waals surface area contributed by atoms with E-state index in [-0.39, 0.29) is 42.4 Å². The van der Waals surface area contributed by atoms with Gasteiger partial charge in [0.15, 0.2) is 5.96 Å². The number of nitrogens with zero attached hydrogens (tertiary/aromatic N) is 1. The molecule has 27 heavy (non-hydrogen) atoms. The van der Waals surface area contributed by atoms with Crippen LogP contribution in [-0.2, 0) is 4.74 Å². The van der Waals surface area contributed by atoms with Gasteiger partial charge in [-0.1, -0.05) is 23.7 Å². The van der Waals surface area contributed by atoms with E-state index in [2.05, 4.69) is 15.6 Å². The molecule has 3 N–H and O–H groups in total. The Kier molecular flexibility index (Phi) is 11.2. The first-order chi connectivity index (χ1) is 12.5. The lowest BCUT2D eigenvalue weighted by Gasteiger charge is -2.19. The topological polar surface area (TPSA) is 65.9 Å². The van der Waals surface area contributed by atoms with Crippen LogP contribution in [0.25, 0.3) is 0 Å². The molecule has 2 aromatic rings. The van der Waals surface area contributed by atoms with Crippen molar-refractivity contribution in [3.05, 3.63) is 57.0 Å². The molecule has 0 amide bonds. The fourth-order valence-electron chi connectivity index (χ4n) is 2.32. The van der Waals surface area contributed by atoms with Crippen LogP contribution in [0.2, 0.25) is 4.34 Å². The minimum absolute atomic E-state index is 0. The van der Waals surface area contributed by atoms with Gasteiger partial charge in [-0.2, -0.15) is 0 Å². The molecule has 5 nitrogen and oxygen atoms in total. The normalized spacial score (nSPS) is 13.6. The van der Waals surface area contributed by atoms with Crippen LogP contribution in [-0.4, -0.2) is 37.8 Å². The summed E-state index contributed by atoms with van der Waals surface area (Å²) in [5.74, 6) is 0.285. The molecule has 0 aliphatic rings. The Labute approximate surface area is 185 Å². The van der Waals surface area contributed by atoms with Crippen LogP contribution in [0.5, 0.6) is 0 Å². The summed E-state index contributed by atoms with van der Waals surface area (Å²) in [4.78, 5) is 5.18. The molecule has 0 bridgehead atoms. The van der Waals surface area contributed by atoms with Gasteiger partial charge in [0.1, 0.15) is 11.9 Å². The van der Waals surface area contributed by atoms with Crippen molar-refractivity contribution in [2.45, 2.75) is 19.1 Å². The number of benzene rings is 1. The minimum Gasteiger partial charge on any atom is -0.386 e. The van der Waals surface area contributed by atoms with Crippen molar-refractivity contribution < 1.29 is 14.2 Å². The summed E-state index contributed by atoms with van der Waals surface area (Å²) in [6.07, 6.45) is -0.959. The van der Waals surface area contributed by atoms with Crippen LogP contribution in [0.1, 0.15) is 29.6 Å². The van der Waals surface area contributed by atoms with Crippen molar-refractivity contribution in [3.63, 3.8) is 0 Å². The highest BCUT2D eigenvalue weighted by molar-refractivity contribution is 14.0. The molecule has 150 valence electrons. The zero-order valence-corrected chi connectivity index (χ0v) is 19.0. The van der Waals surface area contributed by atoms with Gasteiger partial charge in [0.2, 0.25) is 0 Å². The molecule has 9 heteroatoms. The van der Waals surface area contributed by atoms with E-state index in [0.29, 0.717) is 23.4 Å². The Morgan fingerprint density at radius 3 is 2.52 bits per heavy atom. The molecular weight excluding hydrogens is 504 g/mol. The van der Waals surface area contributed by atoms with Crippen molar-refractivity contribution in [1.29, 1.82) is 0 Å². The number of hydrogen-bond donors (Lipinski definition) is 3. The van der Waals surface area contributed by atoms with Crippen LogP contribution >= 0.6 is 46.9 Å². The summed E-state index contributed by atoms with van der Waals surface area (Å²) in [6, 6.07) is 9.75.